The number of morpholine rings is 1. The first-order chi connectivity index (χ1) is 17.5. The third-order valence-electron chi connectivity index (χ3n) is 7.47. The Balaban J connectivity index is 1.12. The number of tetrazole rings is 1. The van der Waals surface area contributed by atoms with Gasteiger partial charge in [0.2, 0.25) is 11.6 Å². The average Bonchev–Trinajstić information content (AvgIpc) is 3.58. The van der Waals surface area contributed by atoms with Crippen LogP contribution < -0.4 is 0 Å². The molecule has 0 unspecified atom stereocenters. The number of ether oxygens (including phenoxy) is 1. The van der Waals surface area contributed by atoms with Gasteiger partial charge in [0, 0.05) is 37.9 Å². The Hall–Kier alpha value is -3.82. The molecule has 1 aliphatic carbocycles. The summed E-state index contributed by atoms with van der Waals surface area (Å²) in [6.45, 7) is 12.1. The normalized spacial score (nSPS) is 23.7. The van der Waals surface area contributed by atoms with Crippen LogP contribution in [0.15, 0.2) is 24.7 Å². The van der Waals surface area contributed by atoms with Crippen molar-refractivity contribution in [1.29, 1.82) is 0 Å². The zero-order chi connectivity index (χ0) is 24.8. The maximum atomic E-state index is 14.0. The van der Waals surface area contributed by atoms with Crippen molar-refractivity contribution in [3.8, 4) is 5.95 Å². The van der Waals surface area contributed by atoms with Crippen molar-refractivity contribution < 1.29 is 13.9 Å². The summed E-state index contributed by atoms with van der Waals surface area (Å²) in [5.41, 5.74) is 3.28. The molecule has 184 valence electrons. The molecule has 0 N–H and O–H groups in total. The van der Waals surface area contributed by atoms with Gasteiger partial charge in [-0.2, -0.15) is 4.68 Å². The number of aromatic nitrogens is 6. The van der Waals surface area contributed by atoms with E-state index in [1.165, 1.54) is 17.1 Å². The quantitative estimate of drug-likeness (QED) is 0.513. The van der Waals surface area contributed by atoms with Crippen molar-refractivity contribution >= 4 is 11.6 Å². The molecule has 0 saturated carbocycles. The fourth-order valence-corrected chi connectivity index (χ4v) is 5.53. The molecule has 6 rings (SSSR count). The van der Waals surface area contributed by atoms with Crippen molar-refractivity contribution in [2.24, 2.45) is 0 Å². The zero-order valence-corrected chi connectivity index (χ0v) is 19.7. The fraction of sp³-hybridized carbons (Fsp3) is 0.458. The van der Waals surface area contributed by atoms with Gasteiger partial charge in [0.15, 0.2) is 0 Å². The second kappa shape index (κ2) is 9.00. The summed E-state index contributed by atoms with van der Waals surface area (Å²) in [5, 5.41) is 11.1. The molecule has 3 atom stereocenters. The minimum atomic E-state index is -0.502. The molecule has 36 heavy (non-hydrogen) atoms. The molecule has 2 aliphatic heterocycles. The van der Waals surface area contributed by atoms with Gasteiger partial charge in [0.25, 0.3) is 5.95 Å². The number of aryl methyl sites for hydroxylation is 1. The third-order valence-corrected chi connectivity index (χ3v) is 7.47. The second-order valence-electron chi connectivity index (χ2n) is 9.39. The zero-order valence-electron chi connectivity index (χ0n) is 19.7. The summed E-state index contributed by atoms with van der Waals surface area (Å²) < 4.78 is 21.5. The largest absolute Gasteiger partial charge is 0.371 e. The van der Waals surface area contributed by atoms with E-state index in [4.69, 9.17) is 11.3 Å². The lowest BCUT2D eigenvalue weighted by molar-refractivity contribution is -0.141. The molecule has 3 aliphatic rings. The van der Waals surface area contributed by atoms with Gasteiger partial charge in [-0.25, -0.2) is 19.2 Å². The molecule has 3 aromatic rings. The average molecular weight is 490 g/mol. The topological polar surface area (TPSA) is 107 Å². The second-order valence-corrected chi connectivity index (χ2v) is 9.39. The highest BCUT2D eigenvalue weighted by molar-refractivity contribution is 5.85. The highest BCUT2D eigenvalue weighted by Gasteiger charge is 2.39. The van der Waals surface area contributed by atoms with E-state index in [0.29, 0.717) is 50.6 Å². The van der Waals surface area contributed by atoms with Crippen molar-refractivity contribution in [3.05, 3.63) is 64.3 Å². The van der Waals surface area contributed by atoms with Gasteiger partial charge in [0.1, 0.15) is 12.1 Å². The third kappa shape index (κ3) is 3.81. The Morgan fingerprint density at radius 3 is 2.94 bits per heavy atom. The van der Waals surface area contributed by atoms with Gasteiger partial charge >= 0.3 is 0 Å². The van der Waals surface area contributed by atoms with E-state index in [1.807, 2.05) is 4.90 Å². The Labute approximate surface area is 206 Å². The molecular weight excluding hydrogens is 465 g/mol. The molecule has 2 saturated heterocycles. The first-order valence-electron chi connectivity index (χ1n) is 11.9. The van der Waals surface area contributed by atoms with Gasteiger partial charge in [-0.1, -0.05) is 6.07 Å². The van der Waals surface area contributed by atoms with Crippen LogP contribution >= 0.6 is 0 Å². The molecule has 12 heteroatoms. The smallest absolute Gasteiger partial charge is 0.253 e. The highest BCUT2D eigenvalue weighted by Crippen LogP contribution is 2.36. The van der Waals surface area contributed by atoms with Crippen LogP contribution in [0.5, 0.6) is 0 Å². The molecule has 1 amide bonds. The maximum absolute atomic E-state index is 14.0. The number of rotatable bonds is 3. The predicted molar refractivity (Wildman–Crippen MR) is 124 cm³/mol. The predicted octanol–water partition coefficient (Wildman–Crippen LogP) is 1.76. The van der Waals surface area contributed by atoms with Crippen molar-refractivity contribution in [2.45, 2.75) is 37.8 Å². The molecular formula is C24H24FN9O2. The molecule has 11 nitrogen and oxygen atoms in total. The highest BCUT2D eigenvalue weighted by atomic mass is 19.1. The molecule has 1 aromatic carbocycles. The van der Waals surface area contributed by atoms with E-state index in [2.05, 4.69) is 35.2 Å². The van der Waals surface area contributed by atoms with E-state index in [0.717, 1.165) is 23.4 Å². The Morgan fingerprint density at radius 2 is 2.14 bits per heavy atom. The van der Waals surface area contributed by atoms with Crippen LogP contribution in [-0.2, 0) is 16.0 Å². The summed E-state index contributed by atoms with van der Waals surface area (Å²) in [4.78, 5) is 30.0. The fourth-order valence-electron chi connectivity index (χ4n) is 5.53. The van der Waals surface area contributed by atoms with Gasteiger partial charge < -0.3 is 9.64 Å². The van der Waals surface area contributed by atoms with Crippen LogP contribution in [0.1, 0.15) is 40.8 Å². The van der Waals surface area contributed by atoms with Crippen LogP contribution in [0, 0.1) is 19.3 Å². The lowest BCUT2D eigenvalue weighted by atomic mass is 9.97. The number of hydrogen-bond donors (Lipinski definition) is 0. The molecule has 2 fully saturated rings. The van der Waals surface area contributed by atoms with Crippen LogP contribution in [-0.4, -0.2) is 84.7 Å². The number of fused-ring (bicyclic) bond motifs is 2. The Kier molecular flexibility index (Phi) is 5.66. The Bertz CT molecular complexity index is 1360. The van der Waals surface area contributed by atoms with Crippen molar-refractivity contribution in [1.82, 2.24) is 40.0 Å². The standard InChI is InChI=1S/C24H24FN9O2/c1-14-16(3-5-19(25)22(14)26-2)21-11-32-7-8-33(10-15(32)12-36-21)23(35)17-4-6-20-18(17)9-27-24(29-20)34-13-28-30-31-34/h3,5,9,13,15,17,21H,4,6-8,10-12H2,1H3/t15-,17-,21-/m1/s1. The molecule has 0 radical (unpaired) electrons. The SMILES string of the molecule is [C-]#[N+]c1c(F)ccc([C@H]2CN3CCN(C(=O)[C@@H]4CCc5nc(-n6cnnn6)ncc54)C[C@@H]3CO2)c1C. The van der Waals surface area contributed by atoms with E-state index in [-0.39, 0.29) is 29.7 Å². The van der Waals surface area contributed by atoms with E-state index < -0.39 is 5.82 Å². The van der Waals surface area contributed by atoms with Gasteiger partial charge in [0.05, 0.1) is 36.9 Å². The molecule has 4 heterocycles. The lowest BCUT2D eigenvalue weighted by Crippen LogP contribution is -2.60. The number of benzene rings is 1. The summed E-state index contributed by atoms with van der Waals surface area (Å²) in [6, 6.07) is 3.16. The van der Waals surface area contributed by atoms with Crippen molar-refractivity contribution in [2.75, 3.05) is 32.8 Å². The monoisotopic (exact) mass is 489 g/mol. The first-order valence-corrected chi connectivity index (χ1v) is 11.9. The summed E-state index contributed by atoms with van der Waals surface area (Å²) >= 11 is 0. The molecule has 2 aromatic heterocycles. The van der Waals surface area contributed by atoms with E-state index in [9.17, 15) is 9.18 Å². The summed E-state index contributed by atoms with van der Waals surface area (Å²) in [7, 11) is 0. The van der Waals surface area contributed by atoms with Gasteiger partial charge in [-0.3, -0.25) is 9.69 Å². The number of nitrogens with zero attached hydrogens (tertiary/aromatic N) is 9. The minimum Gasteiger partial charge on any atom is -0.371 e. The number of hydrogen-bond acceptors (Lipinski definition) is 8. The van der Waals surface area contributed by atoms with Gasteiger partial charge in [-0.15, -0.1) is 5.10 Å². The number of piperazine rings is 1. The lowest BCUT2D eigenvalue weighted by Gasteiger charge is -2.46. The minimum absolute atomic E-state index is 0.0551. The maximum Gasteiger partial charge on any atom is 0.253 e. The summed E-state index contributed by atoms with van der Waals surface area (Å²) in [5.74, 6) is -0.252. The summed E-state index contributed by atoms with van der Waals surface area (Å²) in [6.07, 6.45) is 4.36. The van der Waals surface area contributed by atoms with Crippen LogP contribution in [0.4, 0.5) is 10.1 Å². The van der Waals surface area contributed by atoms with Crippen LogP contribution in [0.25, 0.3) is 10.8 Å². The number of halogens is 1. The Morgan fingerprint density at radius 1 is 1.25 bits per heavy atom. The molecule has 0 bridgehead atoms. The molecule has 0 spiro atoms. The first kappa shape index (κ1) is 22.6. The van der Waals surface area contributed by atoms with E-state index in [1.54, 1.807) is 19.2 Å². The number of carbonyl (C=O) groups excluding carboxylic acids is 1. The van der Waals surface area contributed by atoms with Crippen LogP contribution in [0.2, 0.25) is 0 Å². The number of amides is 1. The van der Waals surface area contributed by atoms with Gasteiger partial charge in [-0.05, 0) is 47.4 Å². The van der Waals surface area contributed by atoms with Crippen LogP contribution in [0.3, 0.4) is 0 Å². The number of carbonyl (C=O) groups is 1. The van der Waals surface area contributed by atoms with E-state index >= 15 is 0 Å². The van der Waals surface area contributed by atoms with Crippen molar-refractivity contribution in [3.63, 3.8) is 0 Å².